The van der Waals surface area contributed by atoms with Gasteiger partial charge >= 0.3 is 0 Å². The van der Waals surface area contributed by atoms with Crippen molar-refractivity contribution in [2.24, 2.45) is 42.9 Å². The number of carbonyl (C=O) groups is 16. The maximum absolute atomic E-state index is 15.8. The molecule has 3 aromatic heterocycles. The van der Waals surface area contributed by atoms with Crippen LogP contribution in [0, 0.1) is 16.7 Å². The molecule has 0 saturated carbocycles. The van der Waals surface area contributed by atoms with Gasteiger partial charge in [0.05, 0.1) is 31.1 Å². The van der Waals surface area contributed by atoms with E-state index in [2.05, 4.69) is 105 Å². The van der Waals surface area contributed by atoms with E-state index in [0.29, 0.717) is 56.5 Å². The average Bonchev–Trinajstić information content (AvgIpc) is 1.72. The van der Waals surface area contributed by atoms with Crippen molar-refractivity contribution in [2.75, 3.05) is 37.7 Å². The molecule has 15 atom stereocenters. The molecule has 1 fully saturated rings. The largest absolute Gasteiger partial charge is 0.508 e. The number of fused-ring (bicyclic) bond motifs is 1. The number of aryl methyl sites for hydroxylation is 2. The number of primary amides is 1. The number of nitrogens with zero attached hydrogens (tertiary/aromatic N) is 4. The molecule has 5 aromatic carbocycles. The van der Waals surface area contributed by atoms with Gasteiger partial charge < -0.3 is 143 Å². The van der Waals surface area contributed by atoms with Crippen molar-refractivity contribution in [1.82, 2.24) is 114 Å². The highest BCUT2D eigenvalue weighted by atomic mass is 32.2. The standard InChI is InChI=1S/C100H136N28O19S/c1-8-56(2)82-95(145)116-70(28-19-39-109-98(103)104)86(136)114-69(27-17-18-38-101)85(135)115-71(29-20-40-110-99(105)106)94(144)126-100(4,5)97(147)123-75(42-59-23-13-10-14-24-59)90(140)120-77(46-63-49-107-54-127(63)6)92(142)118-73(43-60-30-34-65(130)35-31-60)88(138)119-76(45-62-48-111-68-26-16-15-25-67(62)68)91(141)117-74(44-61-32-36-66(131)37-33-61)89(139)122-79(84(134)112-51-80(102)132)52-148-53-81(133)113-72(41-58-21-11-9-12-22-58)87(137)121-78(47-64-50-108-55-128(64)7)93(143)125-83(57(3)129)96(146)124-82/h9-16,21-26,30-37,48-50,54-57,69-79,82-83,111,129-131H,8,17-20,27-29,38-47,51-53,101H2,1-7H3,(H2,102,132)(H,112,134)(H,113,133)(H,114,136)(H,115,135)(H,116,145)(H,117,141)(H,118,142)(H,119,138)(H,120,140)(H,121,137)(H,122,139)(H,123,147)(H,124,146)(H,125,143)(H,126,144)(H4,103,104,109)(H4,105,106,110)/t56-,57+,69?,70?,71?,72?,73?,74?,75?,76?,77?,78?,79?,82?,83?/m0/s1. The van der Waals surface area contributed by atoms with Crippen LogP contribution in [-0.2, 0) is 136 Å². The van der Waals surface area contributed by atoms with Gasteiger partial charge in [0.15, 0.2) is 11.9 Å². The van der Waals surface area contributed by atoms with Gasteiger partial charge in [0.25, 0.3) is 0 Å². The van der Waals surface area contributed by atoms with Gasteiger partial charge in [0.1, 0.15) is 95.6 Å². The molecule has 16 amide bonds. The molecule has 0 aliphatic carbocycles. The third-order valence-electron chi connectivity index (χ3n) is 24.8. The summed E-state index contributed by atoms with van der Waals surface area (Å²) in [6, 6.07) is 13.3. The predicted octanol–water partition coefficient (Wildman–Crippen LogP) is -3.33. The van der Waals surface area contributed by atoms with E-state index in [1.54, 1.807) is 124 Å². The lowest BCUT2D eigenvalue weighted by Crippen LogP contribution is -2.64. The van der Waals surface area contributed by atoms with Gasteiger partial charge in [-0.05, 0) is 136 Å². The monoisotopic (exact) mass is 2070 g/mol. The number of H-pyrrole nitrogens is 1. The van der Waals surface area contributed by atoms with Crippen molar-refractivity contribution < 1.29 is 92.0 Å². The Labute approximate surface area is 859 Å². The fraction of sp³-hybridized carbons (Fsp3) is 0.440. The molecular weight excluding hydrogens is 1930 g/mol. The van der Waals surface area contributed by atoms with E-state index in [4.69, 9.17) is 33.8 Å². The van der Waals surface area contributed by atoms with Gasteiger partial charge in [-0.1, -0.05) is 123 Å². The fourth-order valence-electron chi connectivity index (χ4n) is 16.2. The zero-order chi connectivity index (χ0) is 108. The molecular formula is C100H136N28O19S. The van der Waals surface area contributed by atoms with Crippen LogP contribution in [0.5, 0.6) is 11.5 Å². The Morgan fingerprint density at radius 1 is 0.459 bits per heavy atom. The van der Waals surface area contributed by atoms with Crippen molar-refractivity contribution in [1.29, 1.82) is 10.8 Å². The Bertz CT molecular complexity index is 5910. The number of hydrogen-bond donors (Lipinski definition) is 27. The number of aromatic hydroxyl groups is 2. The van der Waals surface area contributed by atoms with Gasteiger partial charge in [-0.3, -0.25) is 87.5 Å². The van der Waals surface area contributed by atoms with E-state index in [-0.39, 0.29) is 115 Å². The number of para-hydroxylation sites is 1. The van der Waals surface area contributed by atoms with E-state index in [1.165, 1.54) is 98.9 Å². The van der Waals surface area contributed by atoms with Crippen LogP contribution in [0.4, 0.5) is 0 Å². The summed E-state index contributed by atoms with van der Waals surface area (Å²) in [5.74, 6) is -19.1. The molecule has 47 nitrogen and oxygen atoms in total. The summed E-state index contributed by atoms with van der Waals surface area (Å²) in [4.78, 5) is 252. The fourth-order valence-corrected chi connectivity index (χ4v) is 17.0. The Kier molecular flexibility index (Phi) is 44.5. The van der Waals surface area contributed by atoms with E-state index >= 15 is 57.5 Å². The molecule has 0 spiro atoms. The Morgan fingerprint density at radius 2 is 0.845 bits per heavy atom. The van der Waals surface area contributed by atoms with Crippen molar-refractivity contribution in [3.8, 4) is 11.5 Å². The van der Waals surface area contributed by atoms with Crippen LogP contribution in [-0.4, -0.2) is 274 Å². The molecule has 796 valence electrons. The quantitative estimate of drug-likeness (QED) is 0.0111. The topological polar surface area (TPSA) is 742 Å². The summed E-state index contributed by atoms with van der Waals surface area (Å²) in [7, 11) is 3.21. The Morgan fingerprint density at radius 3 is 1.29 bits per heavy atom. The number of nitrogens with two attached hydrogens (primary N) is 4. The molecule has 31 N–H and O–H groups in total. The van der Waals surface area contributed by atoms with E-state index in [9.17, 15) is 34.5 Å². The number of guanidine groups is 2. The number of hydrogen-bond acceptors (Lipinski definition) is 25. The first-order chi connectivity index (χ1) is 70.5. The molecule has 148 heavy (non-hydrogen) atoms. The molecule has 1 aliphatic rings. The van der Waals surface area contributed by atoms with Crippen molar-refractivity contribution in [3.63, 3.8) is 0 Å². The normalized spacial score (nSPS) is 22.2. The number of aromatic amines is 1. The van der Waals surface area contributed by atoms with Gasteiger partial charge in [0, 0.05) is 119 Å². The lowest BCUT2D eigenvalue weighted by Gasteiger charge is -2.31. The third-order valence-corrected chi connectivity index (χ3v) is 25.8. The van der Waals surface area contributed by atoms with Crippen molar-refractivity contribution in [2.45, 2.75) is 221 Å². The van der Waals surface area contributed by atoms with Crippen LogP contribution in [0.25, 0.3) is 10.9 Å². The van der Waals surface area contributed by atoms with E-state index in [1.807, 2.05) is 0 Å². The zero-order valence-corrected chi connectivity index (χ0v) is 84.3. The first-order valence-corrected chi connectivity index (χ1v) is 49.7. The summed E-state index contributed by atoms with van der Waals surface area (Å²) in [6.07, 6.45) is 3.31. The summed E-state index contributed by atoms with van der Waals surface area (Å²) in [5, 5.41) is 94.5. The Hall–Kier alpha value is -16.0. The highest BCUT2D eigenvalue weighted by Crippen LogP contribution is 2.24. The lowest BCUT2D eigenvalue weighted by atomic mass is 9.96. The zero-order valence-electron chi connectivity index (χ0n) is 83.5. The summed E-state index contributed by atoms with van der Waals surface area (Å²) >= 11 is 0.752. The number of benzene rings is 5. The minimum Gasteiger partial charge on any atom is -0.508 e. The number of unbranched alkanes of at least 4 members (excludes halogenated alkanes) is 1. The van der Waals surface area contributed by atoms with Gasteiger partial charge in [0.2, 0.25) is 94.5 Å². The van der Waals surface area contributed by atoms with E-state index < -0.39 is 227 Å². The first-order valence-electron chi connectivity index (χ1n) is 48.6. The highest BCUT2D eigenvalue weighted by molar-refractivity contribution is 8.00. The molecule has 1 saturated heterocycles. The maximum atomic E-state index is 15.8. The Balaban J connectivity index is 1.15. The van der Waals surface area contributed by atoms with Gasteiger partial charge in [-0.2, -0.15) is 0 Å². The number of aliphatic hydroxyl groups is 1. The molecule has 1 aliphatic heterocycles. The molecule has 13 unspecified atom stereocenters. The minimum atomic E-state index is -2.03. The highest BCUT2D eigenvalue weighted by Gasteiger charge is 2.42. The van der Waals surface area contributed by atoms with Crippen LogP contribution in [0.2, 0.25) is 0 Å². The van der Waals surface area contributed by atoms with Crippen LogP contribution < -0.4 is 113 Å². The molecule has 48 heteroatoms. The van der Waals surface area contributed by atoms with Crippen LogP contribution >= 0.6 is 11.8 Å². The third kappa shape index (κ3) is 36.6. The van der Waals surface area contributed by atoms with Crippen molar-refractivity contribution in [3.05, 3.63) is 204 Å². The van der Waals surface area contributed by atoms with Crippen LogP contribution in [0.15, 0.2) is 165 Å². The number of phenolic OH excluding ortho intramolecular Hbond substituents is 2. The number of carbonyl (C=O) groups excluding carboxylic acids is 16. The molecule has 0 radical (unpaired) electrons. The summed E-state index contributed by atoms with van der Waals surface area (Å²) < 4.78 is 3.09. The molecule has 9 rings (SSSR count). The van der Waals surface area contributed by atoms with Crippen molar-refractivity contribution >= 4 is 129 Å². The van der Waals surface area contributed by atoms with E-state index in [0.717, 1.165) is 11.8 Å². The molecule has 4 heterocycles. The van der Waals surface area contributed by atoms with Crippen LogP contribution in [0.3, 0.4) is 0 Å². The van der Waals surface area contributed by atoms with Gasteiger partial charge in [-0.25, -0.2) is 9.97 Å². The minimum absolute atomic E-state index is 0.0228. The lowest BCUT2D eigenvalue weighted by molar-refractivity contribution is -0.138. The number of phenols is 2. The number of thioether (sulfide) groups is 1. The number of rotatable bonds is 32. The predicted molar refractivity (Wildman–Crippen MR) is 549 cm³/mol. The molecule has 0 bridgehead atoms. The van der Waals surface area contributed by atoms with Gasteiger partial charge in [-0.15, -0.1) is 11.8 Å². The summed E-state index contributed by atoms with van der Waals surface area (Å²) in [6.45, 7) is 6.38. The van der Waals surface area contributed by atoms with Crippen LogP contribution in [0.1, 0.15) is 125 Å². The first kappa shape index (κ1) is 116. The second-order valence-electron chi connectivity index (χ2n) is 36.9. The number of amides is 16. The number of nitrogens with one attached hydrogen (secondary N) is 20. The molecule has 8 aromatic rings. The smallest absolute Gasteiger partial charge is 0.245 e. The maximum Gasteiger partial charge on any atom is 0.245 e. The number of aliphatic hydroxyl groups excluding tert-OH is 1. The second kappa shape index (κ2) is 57.0. The SMILES string of the molecule is CC[C@H](C)C1NC(=O)C([C@@H](C)O)NC(=O)C(Cc2cncn2C)NC(=O)C(Cc2ccccc2)NC(=O)CSCC(C(=O)NCC(N)=O)NC(=O)C(Cc2ccc(O)cc2)NC(=O)C(Cc2c[nH]c3ccccc23)NC(=O)C(Cc2ccc(O)cc2)NC(=O)C(Cc2cncn2C)NC(=O)C(Cc2ccccc2)NC(=O)C(C)(C)NC(=O)C(CCCNC(=N)N)NC(=O)C(CCCCN)NC(=O)C(CCCNC(=N)N)NC1=O. The number of aromatic nitrogens is 5. The summed E-state index contributed by atoms with van der Waals surface area (Å²) in [5.41, 5.74) is 24.2. The number of imidazole rings is 2. The average molecular weight is 2070 g/mol. The second-order valence-corrected chi connectivity index (χ2v) is 38.0.